The fourth-order valence-electron chi connectivity index (χ4n) is 3.06. The lowest BCUT2D eigenvalue weighted by Crippen LogP contribution is -2.05. The van der Waals surface area contributed by atoms with Gasteiger partial charge in [0.1, 0.15) is 0 Å². The molecule has 1 aromatic heterocycles. The van der Waals surface area contributed by atoms with Crippen molar-refractivity contribution >= 4 is 6.15 Å². The van der Waals surface area contributed by atoms with Gasteiger partial charge in [-0.15, -0.1) is 0 Å². The molecule has 29 heavy (non-hydrogen) atoms. The van der Waals surface area contributed by atoms with Crippen molar-refractivity contribution in [2.24, 2.45) is 0 Å². The Hall–Kier alpha value is -3.82. The number of nitrogens with zero attached hydrogens (tertiary/aromatic N) is 3. The zero-order valence-corrected chi connectivity index (χ0v) is 16.3. The first-order valence-electron chi connectivity index (χ1n) is 9.31. The third kappa shape index (κ3) is 4.72. The van der Waals surface area contributed by atoms with Gasteiger partial charge in [0.15, 0.2) is 11.6 Å². The van der Waals surface area contributed by atoms with Crippen LogP contribution < -0.4 is 0 Å². The van der Waals surface area contributed by atoms with Gasteiger partial charge in [0.25, 0.3) is 0 Å². The average molecular weight is 383 g/mol. The van der Waals surface area contributed by atoms with Gasteiger partial charge in [-0.2, -0.15) is 14.7 Å². The summed E-state index contributed by atoms with van der Waals surface area (Å²) in [5, 5.41) is 4.80. The van der Waals surface area contributed by atoms with Crippen LogP contribution in [0, 0.1) is 0 Å². The van der Waals surface area contributed by atoms with Crippen molar-refractivity contribution in [3.05, 3.63) is 84.9 Å². The van der Waals surface area contributed by atoms with Crippen LogP contribution in [0.1, 0.15) is 19.9 Å². The van der Waals surface area contributed by atoms with E-state index in [0.717, 1.165) is 22.8 Å². The van der Waals surface area contributed by atoms with E-state index in [1.54, 1.807) is 0 Å². The molecule has 0 saturated heterocycles. The molecule has 3 aromatic carbocycles. The van der Waals surface area contributed by atoms with Gasteiger partial charge < -0.3 is 0 Å². The van der Waals surface area contributed by atoms with Crippen LogP contribution in [0.2, 0.25) is 0 Å². The number of rotatable bonds is 4. The lowest BCUT2D eigenvalue weighted by molar-refractivity contribution is -0.191. The monoisotopic (exact) mass is 383 g/mol. The lowest BCUT2D eigenvalue weighted by Gasteiger charge is -2.08. The van der Waals surface area contributed by atoms with Crippen LogP contribution in [0.5, 0.6) is 0 Å². The first-order valence-corrected chi connectivity index (χ1v) is 9.31. The third-order valence-electron chi connectivity index (χ3n) is 4.38. The van der Waals surface area contributed by atoms with E-state index in [2.05, 4.69) is 74.5 Å². The average Bonchev–Trinajstić information content (AvgIpc) is 3.22. The van der Waals surface area contributed by atoms with E-state index in [1.165, 1.54) is 11.1 Å². The van der Waals surface area contributed by atoms with Gasteiger partial charge in [-0.3, -0.25) is 0 Å². The minimum absolute atomic E-state index is 0.240. The van der Waals surface area contributed by atoms with Crippen molar-refractivity contribution in [1.29, 1.82) is 0 Å². The van der Waals surface area contributed by atoms with Gasteiger partial charge in [0.05, 0.1) is 0 Å². The molecular weight excluding hydrogens is 362 g/mol. The van der Waals surface area contributed by atoms with Crippen molar-refractivity contribution in [1.82, 2.24) is 14.8 Å². The van der Waals surface area contributed by atoms with E-state index in [4.69, 9.17) is 19.7 Å². The number of aromatic nitrogens is 3. The molecular formula is C24H21N3O2. The summed E-state index contributed by atoms with van der Waals surface area (Å²) in [7, 11) is 0. The van der Waals surface area contributed by atoms with Gasteiger partial charge >= 0.3 is 6.15 Å². The second-order valence-corrected chi connectivity index (χ2v) is 6.69. The van der Waals surface area contributed by atoms with Crippen LogP contribution in [-0.4, -0.2) is 20.9 Å². The quantitative estimate of drug-likeness (QED) is 0.481. The molecule has 4 aromatic rings. The molecule has 0 atom stereocenters. The number of hydrogen-bond donors (Lipinski definition) is 0. The minimum atomic E-state index is 0.240. The number of benzene rings is 3. The predicted octanol–water partition coefficient (Wildman–Crippen LogP) is 5.28. The van der Waals surface area contributed by atoms with Crippen molar-refractivity contribution in [2.75, 3.05) is 0 Å². The molecule has 0 aliphatic carbocycles. The standard InChI is InChI=1S/C23H21N3.CO2/c1-17(2)26-23(19-12-7-4-8-13-19)24-22(25-26)21-15-9-14-20(16-21)18-10-5-3-6-11-18;2-1-3/h3-17H,1-2H3;. The maximum Gasteiger partial charge on any atom is 0.373 e. The molecule has 0 unspecified atom stereocenters. The SMILES string of the molecule is CC(C)n1nc(-c2cccc(-c3ccccc3)c2)nc1-c1ccccc1.O=C=O. The molecule has 0 fully saturated rings. The summed E-state index contributed by atoms with van der Waals surface area (Å²) >= 11 is 0. The minimum Gasteiger partial charge on any atom is -0.243 e. The summed E-state index contributed by atoms with van der Waals surface area (Å²) in [6.07, 6.45) is 0.250. The van der Waals surface area contributed by atoms with Crippen LogP contribution in [0.25, 0.3) is 33.9 Å². The molecule has 0 bridgehead atoms. The summed E-state index contributed by atoms with van der Waals surface area (Å²) in [5.74, 6) is 1.66. The molecule has 0 amide bonds. The Morgan fingerprint density at radius 3 is 1.83 bits per heavy atom. The molecule has 0 saturated carbocycles. The van der Waals surface area contributed by atoms with Gasteiger partial charge in [0, 0.05) is 17.2 Å². The number of carbonyl (C=O) groups excluding carboxylic acids is 2. The van der Waals surface area contributed by atoms with Crippen molar-refractivity contribution in [2.45, 2.75) is 19.9 Å². The van der Waals surface area contributed by atoms with Crippen LogP contribution >= 0.6 is 0 Å². The largest absolute Gasteiger partial charge is 0.373 e. The molecule has 4 rings (SSSR count). The Kier molecular flexibility index (Phi) is 6.46. The van der Waals surface area contributed by atoms with Gasteiger partial charge in [-0.25, -0.2) is 9.67 Å². The molecule has 1 heterocycles. The fourth-order valence-corrected chi connectivity index (χ4v) is 3.06. The van der Waals surface area contributed by atoms with Crippen LogP contribution in [0.15, 0.2) is 84.9 Å². The Balaban J connectivity index is 0.000000755. The highest BCUT2D eigenvalue weighted by Crippen LogP contribution is 2.28. The van der Waals surface area contributed by atoms with Gasteiger partial charge in [0.2, 0.25) is 0 Å². The van der Waals surface area contributed by atoms with E-state index in [1.807, 2.05) is 28.9 Å². The van der Waals surface area contributed by atoms with E-state index in [-0.39, 0.29) is 12.2 Å². The highest BCUT2D eigenvalue weighted by atomic mass is 16.2. The molecule has 144 valence electrons. The second-order valence-electron chi connectivity index (χ2n) is 6.69. The van der Waals surface area contributed by atoms with Crippen LogP contribution in [0.3, 0.4) is 0 Å². The molecule has 5 heteroatoms. The second kappa shape index (κ2) is 9.40. The van der Waals surface area contributed by atoms with Crippen molar-refractivity contribution in [3.63, 3.8) is 0 Å². The topological polar surface area (TPSA) is 64.8 Å². The molecule has 0 radical (unpaired) electrons. The Morgan fingerprint density at radius 2 is 1.24 bits per heavy atom. The molecule has 0 N–H and O–H groups in total. The highest BCUT2D eigenvalue weighted by Gasteiger charge is 2.15. The number of hydrogen-bond acceptors (Lipinski definition) is 4. The molecule has 0 aliphatic heterocycles. The molecule has 0 aliphatic rings. The first kappa shape index (κ1) is 19.9. The van der Waals surface area contributed by atoms with E-state index >= 15 is 0 Å². The smallest absolute Gasteiger partial charge is 0.243 e. The zero-order chi connectivity index (χ0) is 20.6. The summed E-state index contributed by atoms with van der Waals surface area (Å²) in [6, 6.07) is 29.3. The summed E-state index contributed by atoms with van der Waals surface area (Å²) in [4.78, 5) is 21.1. The van der Waals surface area contributed by atoms with Crippen molar-refractivity contribution in [3.8, 4) is 33.9 Å². The lowest BCUT2D eigenvalue weighted by atomic mass is 10.0. The first-order chi connectivity index (χ1) is 14.1. The third-order valence-corrected chi connectivity index (χ3v) is 4.38. The van der Waals surface area contributed by atoms with Gasteiger partial charge in [-0.05, 0) is 31.0 Å². The Labute approximate surface area is 169 Å². The van der Waals surface area contributed by atoms with Crippen LogP contribution in [0.4, 0.5) is 0 Å². The normalized spacial score (nSPS) is 10.2. The summed E-state index contributed by atoms with van der Waals surface area (Å²) in [6.45, 7) is 4.26. The highest BCUT2D eigenvalue weighted by molar-refractivity contribution is 5.71. The van der Waals surface area contributed by atoms with Gasteiger partial charge in [-0.1, -0.05) is 78.9 Å². The Bertz CT molecular complexity index is 1100. The maximum absolute atomic E-state index is 8.12. The van der Waals surface area contributed by atoms with Crippen LogP contribution in [-0.2, 0) is 9.59 Å². The summed E-state index contributed by atoms with van der Waals surface area (Å²) in [5.41, 5.74) is 4.48. The predicted molar refractivity (Wildman–Crippen MR) is 112 cm³/mol. The van der Waals surface area contributed by atoms with Crippen molar-refractivity contribution < 1.29 is 9.59 Å². The summed E-state index contributed by atoms with van der Waals surface area (Å²) < 4.78 is 2.00. The van der Waals surface area contributed by atoms with E-state index < -0.39 is 0 Å². The molecule has 0 spiro atoms. The van der Waals surface area contributed by atoms with E-state index in [0.29, 0.717) is 0 Å². The zero-order valence-electron chi connectivity index (χ0n) is 16.3. The Morgan fingerprint density at radius 1 is 0.724 bits per heavy atom. The fraction of sp³-hybridized carbons (Fsp3) is 0.125. The van der Waals surface area contributed by atoms with E-state index in [9.17, 15) is 0 Å². The maximum atomic E-state index is 8.12. The molecule has 5 nitrogen and oxygen atoms in total.